The number of para-hydroxylation sites is 2. The molecule has 0 saturated carbocycles. The summed E-state index contributed by atoms with van der Waals surface area (Å²) in [4.78, 5) is 39.7. The van der Waals surface area contributed by atoms with Crippen LogP contribution >= 0.6 is 0 Å². The molecule has 0 N–H and O–H groups in total. The lowest BCUT2D eigenvalue weighted by atomic mass is 10.1. The third kappa shape index (κ3) is 3.60. The summed E-state index contributed by atoms with van der Waals surface area (Å²) in [5.41, 5.74) is 2.58. The lowest BCUT2D eigenvalue weighted by Gasteiger charge is -2.35. The highest BCUT2D eigenvalue weighted by atomic mass is 16.4. The number of carbonyl (C=O) groups is 2. The molecule has 0 spiro atoms. The Hall–Kier alpha value is -3.42. The van der Waals surface area contributed by atoms with Gasteiger partial charge in [-0.3, -0.25) is 14.6 Å². The van der Waals surface area contributed by atoms with Crippen LogP contribution in [0.5, 0.6) is 0 Å². The van der Waals surface area contributed by atoms with E-state index in [9.17, 15) is 9.59 Å². The zero-order valence-electron chi connectivity index (χ0n) is 16.6. The number of nitrogens with zero attached hydrogens (tertiary/aromatic N) is 5. The molecule has 154 valence electrons. The van der Waals surface area contributed by atoms with E-state index in [4.69, 9.17) is 4.42 Å². The first-order chi connectivity index (χ1) is 14.7. The van der Waals surface area contributed by atoms with Gasteiger partial charge in [-0.2, -0.15) is 4.98 Å². The molecule has 0 aliphatic carbocycles. The van der Waals surface area contributed by atoms with Crippen molar-refractivity contribution in [2.75, 3.05) is 37.6 Å². The summed E-state index contributed by atoms with van der Waals surface area (Å²) in [5.74, 6) is -0.179. The molecular formula is C22H23N5O3. The summed E-state index contributed by atoms with van der Waals surface area (Å²) in [6, 6.07) is 12.1. The Labute approximate surface area is 174 Å². The maximum atomic E-state index is 13.0. The average molecular weight is 405 g/mol. The summed E-state index contributed by atoms with van der Waals surface area (Å²) < 4.78 is 5.84. The number of fused-ring (bicyclic) bond motifs is 1. The van der Waals surface area contributed by atoms with Crippen molar-refractivity contribution >= 4 is 28.9 Å². The van der Waals surface area contributed by atoms with Crippen molar-refractivity contribution in [1.82, 2.24) is 19.8 Å². The minimum absolute atomic E-state index is 0.0299. The van der Waals surface area contributed by atoms with Crippen LogP contribution in [0, 0.1) is 5.92 Å². The van der Waals surface area contributed by atoms with Gasteiger partial charge in [0.15, 0.2) is 5.58 Å². The number of carbonyl (C=O) groups excluding carboxylic acids is 2. The number of piperazine rings is 1. The number of amides is 2. The second-order valence-electron chi connectivity index (χ2n) is 7.81. The molecule has 2 aliphatic heterocycles. The van der Waals surface area contributed by atoms with Crippen molar-refractivity contribution in [2.45, 2.75) is 13.0 Å². The first kappa shape index (κ1) is 18.6. The summed E-state index contributed by atoms with van der Waals surface area (Å²) >= 11 is 0. The monoisotopic (exact) mass is 405 g/mol. The Morgan fingerprint density at radius 2 is 1.93 bits per heavy atom. The predicted molar refractivity (Wildman–Crippen MR) is 111 cm³/mol. The largest absolute Gasteiger partial charge is 0.423 e. The van der Waals surface area contributed by atoms with Crippen molar-refractivity contribution in [1.29, 1.82) is 0 Å². The van der Waals surface area contributed by atoms with Gasteiger partial charge in [-0.1, -0.05) is 18.2 Å². The number of aromatic nitrogens is 2. The molecule has 3 aromatic rings. The Morgan fingerprint density at radius 1 is 1.10 bits per heavy atom. The highest BCUT2D eigenvalue weighted by Gasteiger charge is 2.37. The van der Waals surface area contributed by atoms with Crippen molar-refractivity contribution in [2.24, 2.45) is 5.92 Å². The number of pyridine rings is 1. The molecule has 4 heterocycles. The van der Waals surface area contributed by atoms with Crippen molar-refractivity contribution < 1.29 is 14.0 Å². The molecule has 2 aliphatic rings. The van der Waals surface area contributed by atoms with Crippen molar-refractivity contribution in [3.05, 3.63) is 54.4 Å². The van der Waals surface area contributed by atoms with Crippen LogP contribution < -0.4 is 4.90 Å². The van der Waals surface area contributed by atoms with E-state index in [-0.39, 0.29) is 24.2 Å². The van der Waals surface area contributed by atoms with Gasteiger partial charge in [0.05, 0.1) is 5.92 Å². The quantitative estimate of drug-likeness (QED) is 0.660. The lowest BCUT2D eigenvalue weighted by molar-refractivity contribution is -0.136. The molecule has 2 saturated heterocycles. The van der Waals surface area contributed by atoms with Gasteiger partial charge < -0.3 is 19.1 Å². The van der Waals surface area contributed by atoms with Gasteiger partial charge in [0.2, 0.25) is 11.8 Å². The number of likely N-dealkylation sites (tertiary alicyclic amines) is 1. The minimum atomic E-state index is -0.273. The topological polar surface area (TPSA) is 82.8 Å². The predicted octanol–water partition coefficient (Wildman–Crippen LogP) is 1.92. The van der Waals surface area contributed by atoms with Gasteiger partial charge >= 0.3 is 0 Å². The lowest BCUT2D eigenvalue weighted by Crippen LogP contribution is -2.50. The molecule has 2 fully saturated rings. The van der Waals surface area contributed by atoms with E-state index >= 15 is 0 Å². The molecule has 2 amide bonds. The zero-order chi connectivity index (χ0) is 20.5. The van der Waals surface area contributed by atoms with Crippen LogP contribution in [0.2, 0.25) is 0 Å². The molecule has 5 rings (SSSR count). The Kier molecular flexibility index (Phi) is 4.82. The SMILES string of the molecule is O=C1CC(C(=O)N2CCN(c3nc4ccccc4o3)CC2)CN1Cc1cccnc1. The minimum Gasteiger partial charge on any atom is -0.423 e. The maximum Gasteiger partial charge on any atom is 0.298 e. The fraction of sp³-hybridized carbons (Fsp3) is 0.364. The Morgan fingerprint density at radius 3 is 2.70 bits per heavy atom. The summed E-state index contributed by atoms with van der Waals surface area (Å²) in [6.45, 7) is 3.51. The molecule has 8 nitrogen and oxygen atoms in total. The van der Waals surface area contributed by atoms with Gasteiger partial charge in [-0.15, -0.1) is 0 Å². The molecule has 30 heavy (non-hydrogen) atoms. The van der Waals surface area contributed by atoms with Crippen LogP contribution in [0.25, 0.3) is 11.1 Å². The normalized spacial score (nSPS) is 19.7. The van der Waals surface area contributed by atoms with E-state index in [1.807, 2.05) is 41.3 Å². The standard InChI is InChI=1S/C22H23N5O3/c28-20-12-17(15-27(20)14-16-4-3-7-23-13-16)21(29)25-8-10-26(11-9-25)22-24-18-5-1-2-6-19(18)30-22/h1-7,13,17H,8-12,14-15H2. The third-order valence-corrected chi connectivity index (χ3v) is 5.80. The van der Waals surface area contributed by atoms with Gasteiger partial charge in [0.1, 0.15) is 5.52 Å². The van der Waals surface area contributed by atoms with Gasteiger partial charge in [-0.25, -0.2) is 0 Å². The molecule has 1 atom stereocenters. The van der Waals surface area contributed by atoms with Gasteiger partial charge in [-0.05, 0) is 23.8 Å². The van der Waals surface area contributed by atoms with E-state index in [0.29, 0.717) is 45.3 Å². The summed E-state index contributed by atoms with van der Waals surface area (Å²) in [5, 5.41) is 0. The van der Waals surface area contributed by atoms with Gasteiger partial charge in [0.25, 0.3) is 6.01 Å². The third-order valence-electron chi connectivity index (χ3n) is 5.80. The van der Waals surface area contributed by atoms with Crippen molar-refractivity contribution in [3.63, 3.8) is 0 Å². The van der Waals surface area contributed by atoms with E-state index in [0.717, 1.165) is 16.7 Å². The fourth-order valence-electron chi connectivity index (χ4n) is 4.17. The summed E-state index contributed by atoms with van der Waals surface area (Å²) in [7, 11) is 0. The second-order valence-corrected chi connectivity index (χ2v) is 7.81. The summed E-state index contributed by atoms with van der Waals surface area (Å²) in [6.07, 6.45) is 3.75. The maximum absolute atomic E-state index is 13.0. The van der Waals surface area contributed by atoms with Crippen molar-refractivity contribution in [3.8, 4) is 0 Å². The van der Waals surface area contributed by atoms with Gasteiger partial charge in [0, 0.05) is 58.1 Å². The molecule has 1 aromatic carbocycles. The highest BCUT2D eigenvalue weighted by Crippen LogP contribution is 2.25. The van der Waals surface area contributed by atoms with Crippen LogP contribution in [0.15, 0.2) is 53.2 Å². The molecule has 0 radical (unpaired) electrons. The van der Waals surface area contributed by atoms with E-state index in [1.165, 1.54) is 0 Å². The van der Waals surface area contributed by atoms with Crippen LogP contribution in [-0.2, 0) is 16.1 Å². The number of oxazole rings is 1. The first-order valence-corrected chi connectivity index (χ1v) is 10.2. The highest BCUT2D eigenvalue weighted by molar-refractivity contribution is 5.89. The molecule has 8 heteroatoms. The van der Waals surface area contributed by atoms with Crippen LogP contribution in [0.4, 0.5) is 6.01 Å². The number of benzene rings is 1. The molecule has 2 aromatic heterocycles. The average Bonchev–Trinajstić information content (AvgIpc) is 3.38. The second kappa shape index (κ2) is 7.78. The number of hydrogen-bond acceptors (Lipinski definition) is 6. The van der Waals surface area contributed by atoms with E-state index in [1.54, 1.807) is 17.3 Å². The molecular weight excluding hydrogens is 382 g/mol. The Balaban J connectivity index is 1.18. The fourth-order valence-corrected chi connectivity index (χ4v) is 4.17. The number of anilines is 1. The van der Waals surface area contributed by atoms with E-state index in [2.05, 4.69) is 14.9 Å². The van der Waals surface area contributed by atoms with Crippen LogP contribution in [0.1, 0.15) is 12.0 Å². The Bertz CT molecular complexity index is 1030. The van der Waals surface area contributed by atoms with Crippen LogP contribution in [-0.4, -0.2) is 64.3 Å². The zero-order valence-corrected chi connectivity index (χ0v) is 16.6. The molecule has 1 unspecified atom stereocenters. The molecule has 0 bridgehead atoms. The number of hydrogen-bond donors (Lipinski definition) is 0. The first-order valence-electron chi connectivity index (χ1n) is 10.2. The smallest absolute Gasteiger partial charge is 0.298 e. The van der Waals surface area contributed by atoms with Crippen LogP contribution in [0.3, 0.4) is 0 Å². The van der Waals surface area contributed by atoms with E-state index < -0.39 is 0 Å². The number of rotatable bonds is 4.